The fourth-order valence-electron chi connectivity index (χ4n) is 1.15. The van der Waals surface area contributed by atoms with Crippen LogP contribution in [0.5, 0.6) is 0 Å². The Hall–Kier alpha value is -0.0500. The molecule has 0 heterocycles. The lowest BCUT2D eigenvalue weighted by Crippen LogP contribution is -2.05. The van der Waals surface area contributed by atoms with Gasteiger partial charge in [0, 0.05) is 17.3 Å². The largest absolute Gasteiger partial charge is 0.298 e. The molecule has 0 amide bonds. The van der Waals surface area contributed by atoms with Crippen LogP contribution in [0, 0.1) is 0 Å². The number of carbonyl (C=O) groups is 1. The molecule has 0 aliphatic heterocycles. The first-order chi connectivity index (χ1) is 6.67. The van der Waals surface area contributed by atoms with Gasteiger partial charge in [0.1, 0.15) is 5.78 Å². The third kappa shape index (κ3) is 3.26. The van der Waals surface area contributed by atoms with Gasteiger partial charge in [-0.25, -0.2) is 0 Å². The molecule has 1 rings (SSSR count). The molecule has 0 fully saturated rings. The topological polar surface area (TPSA) is 17.1 Å². The van der Waals surface area contributed by atoms with E-state index in [0.29, 0.717) is 22.7 Å². The molecule has 0 N–H and O–H groups in total. The zero-order valence-electron chi connectivity index (χ0n) is 7.40. The van der Waals surface area contributed by atoms with Crippen molar-refractivity contribution in [3.05, 3.63) is 34.3 Å². The van der Waals surface area contributed by atoms with Crippen LogP contribution in [-0.4, -0.2) is 11.1 Å². The Labute approximate surface area is 102 Å². The van der Waals surface area contributed by atoms with Crippen molar-refractivity contribution < 1.29 is 4.79 Å². The molecule has 1 aromatic carbocycles. The molecule has 0 radical (unpaired) electrons. The van der Waals surface area contributed by atoms with Gasteiger partial charge in [-0.3, -0.25) is 4.79 Å². The lowest BCUT2D eigenvalue weighted by atomic mass is 10.0. The molecule has 0 unspecified atom stereocenters. The van der Waals surface area contributed by atoms with Gasteiger partial charge < -0.3 is 0 Å². The average Bonchev–Trinajstić information content (AvgIpc) is 2.18. The molecule has 4 heteroatoms. The predicted molar refractivity (Wildman–Crippen MR) is 63.5 cm³/mol. The maximum absolute atomic E-state index is 11.2. The van der Waals surface area contributed by atoms with E-state index in [1.54, 1.807) is 12.1 Å². The molecular formula is C10H9BrCl2O. The first-order valence-electron chi connectivity index (χ1n) is 4.08. The summed E-state index contributed by atoms with van der Waals surface area (Å²) in [4.78, 5) is 11.2. The number of alkyl halides is 2. The summed E-state index contributed by atoms with van der Waals surface area (Å²) in [6.07, 6.45) is 0.383. The number of ketones is 1. The monoisotopic (exact) mass is 294 g/mol. The number of benzene rings is 1. The lowest BCUT2D eigenvalue weighted by Gasteiger charge is -2.05. The molecule has 1 nitrogen and oxygen atoms in total. The van der Waals surface area contributed by atoms with Gasteiger partial charge in [-0.15, -0.1) is 11.6 Å². The first-order valence-corrected chi connectivity index (χ1v) is 6.11. The van der Waals surface area contributed by atoms with Crippen molar-refractivity contribution in [2.75, 3.05) is 5.33 Å². The number of halogens is 3. The fraction of sp³-hybridized carbons (Fsp3) is 0.300. The number of hydrogen-bond donors (Lipinski definition) is 0. The zero-order valence-corrected chi connectivity index (χ0v) is 10.5. The van der Waals surface area contributed by atoms with Crippen LogP contribution in [0.4, 0.5) is 0 Å². The van der Waals surface area contributed by atoms with Crippen LogP contribution in [0.25, 0.3) is 0 Å². The molecule has 0 saturated heterocycles. The predicted octanol–water partition coefficient (Wildman–Crippen LogP) is 3.59. The van der Waals surface area contributed by atoms with Gasteiger partial charge in [0.2, 0.25) is 0 Å². The smallest absolute Gasteiger partial charge is 0.147 e. The van der Waals surface area contributed by atoms with Gasteiger partial charge in [-0.1, -0.05) is 33.6 Å². The molecule has 0 saturated carbocycles. The molecule has 14 heavy (non-hydrogen) atoms. The number of rotatable bonds is 4. The minimum atomic E-state index is 0.124. The maximum atomic E-state index is 11.2. The van der Waals surface area contributed by atoms with Gasteiger partial charge in [0.15, 0.2) is 0 Å². The van der Waals surface area contributed by atoms with Gasteiger partial charge >= 0.3 is 0 Å². The number of carbonyl (C=O) groups excluding carboxylic acids is 1. The maximum Gasteiger partial charge on any atom is 0.147 e. The highest BCUT2D eigenvalue weighted by atomic mass is 79.9. The highest BCUT2D eigenvalue weighted by molar-refractivity contribution is 9.09. The summed E-state index contributed by atoms with van der Waals surface area (Å²) < 4.78 is 0. The van der Waals surface area contributed by atoms with Crippen molar-refractivity contribution in [1.29, 1.82) is 0 Å². The molecule has 0 aromatic heterocycles. The van der Waals surface area contributed by atoms with Crippen molar-refractivity contribution >= 4 is 44.9 Å². The Balaban J connectivity index is 2.93. The van der Waals surface area contributed by atoms with Gasteiger partial charge in [0.25, 0.3) is 0 Å². The van der Waals surface area contributed by atoms with Crippen LogP contribution >= 0.6 is 39.1 Å². The standard InChI is InChI=1S/C10H9BrCl2O/c11-5-10(14)4-8-3-9(13)2-1-7(8)6-12/h1-3H,4-6H2. The van der Waals surface area contributed by atoms with Crippen molar-refractivity contribution in [3.8, 4) is 0 Å². The second-order valence-electron chi connectivity index (χ2n) is 2.90. The SMILES string of the molecule is O=C(CBr)Cc1cc(Cl)ccc1CCl. The molecule has 1 aromatic rings. The van der Waals surface area contributed by atoms with Crippen LogP contribution < -0.4 is 0 Å². The summed E-state index contributed by atoms with van der Waals surface area (Å²) >= 11 is 14.7. The number of Topliss-reactive ketones (excluding diaryl/α,β-unsaturated/α-hetero) is 1. The normalized spacial score (nSPS) is 10.2. The summed E-state index contributed by atoms with van der Waals surface area (Å²) in [5.41, 5.74) is 1.88. The summed E-state index contributed by atoms with van der Waals surface area (Å²) in [6.45, 7) is 0. The molecule has 0 bridgehead atoms. The Bertz CT molecular complexity index is 339. The average molecular weight is 296 g/mol. The summed E-state index contributed by atoms with van der Waals surface area (Å²) in [5.74, 6) is 0.529. The third-order valence-electron chi connectivity index (χ3n) is 1.85. The quantitative estimate of drug-likeness (QED) is 0.776. The van der Waals surface area contributed by atoms with Crippen LogP contribution in [0.2, 0.25) is 5.02 Å². The van der Waals surface area contributed by atoms with E-state index in [-0.39, 0.29) is 5.78 Å². The van der Waals surface area contributed by atoms with Gasteiger partial charge in [0.05, 0.1) is 5.33 Å². The van der Waals surface area contributed by atoms with E-state index in [1.165, 1.54) is 0 Å². The molecular weight excluding hydrogens is 287 g/mol. The first kappa shape index (κ1) is 12.0. The second kappa shape index (κ2) is 5.74. The second-order valence-corrected chi connectivity index (χ2v) is 4.16. The van der Waals surface area contributed by atoms with E-state index in [1.807, 2.05) is 6.07 Å². The van der Waals surface area contributed by atoms with Crippen molar-refractivity contribution in [3.63, 3.8) is 0 Å². The third-order valence-corrected chi connectivity index (χ3v) is 3.00. The number of hydrogen-bond acceptors (Lipinski definition) is 1. The molecule has 0 aliphatic rings. The van der Waals surface area contributed by atoms with E-state index < -0.39 is 0 Å². The van der Waals surface area contributed by atoms with Crippen molar-refractivity contribution in [1.82, 2.24) is 0 Å². The lowest BCUT2D eigenvalue weighted by molar-refractivity contribution is -0.115. The van der Waals surface area contributed by atoms with Crippen LogP contribution in [0.1, 0.15) is 11.1 Å². The van der Waals surface area contributed by atoms with E-state index in [9.17, 15) is 4.79 Å². The van der Waals surface area contributed by atoms with E-state index in [0.717, 1.165) is 11.1 Å². The van der Waals surface area contributed by atoms with Crippen molar-refractivity contribution in [2.45, 2.75) is 12.3 Å². The Kier molecular flexibility index (Phi) is 4.93. The Morgan fingerprint density at radius 2 is 2.07 bits per heavy atom. The van der Waals surface area contributed by atoms with E-state index in [2.05, 4.69) is 15.9 Å². The summed E-state index contributed by atoms with van der Waals surface area (Å²) in [5, 5.41) is 0.998. The van der Waals surface area contributed by atoms with Crippen LogP contribution in [0.15, 0.2) is 18.2 Å². The molecule has 0 aliphatic carbocycles. The molecule has 0 atom stereocenters. The minimum absolute atomic E-state index is 0.124. The summed E-state index contributed by atoms with van der Waals surface area (Å²) in [6, 6.07) is 5.42. The summed E-state index contributed by atoms with van der Waals surface area (Å²) in [7, 11) is 0. The highest BCUT2D eigenvalue weighted by Crippen LogP contribution is 2.18. The van der Waals surface area contributed by atoms with Crippen LogP contribution in [-0.2, 0) is 17.1 Å². The van der Waals surface area contributed by atoms with Gasteiger partial charge in [-0.05, 0) is 23.3 Å². The zero-order chi connectivity index (χ0) is 10.6. The highest BCUT2D eigenvalue weighted by Gasteiger charge is 2.07. The molecule has 76 valence electrons. The van der Waals surface area contributed by atoms with E-state index >= 15 is 0 Å². The minimum Gasteiger partial charge on any atom is -0.298 e. The van der Waals surface area contributed by atoms with Gasteiger partial charge in [-0.2, -0.15) is 0 Å². The Morgan fingerprint density at radius 1 is 1.36 bits per heavy atom. The molecule has 0 spiro atoms. The fourth-order valence-corrected chi connectivity index (χ4v) is 1.80. The Morgan fingerprint density at radius 3 is 2.64 bits per heavy atom. The van der Waals surface area contributed by atoms with Crippen LogP contribution in [0.3, 0.4) is 0 Å². The van der Waals surface area contributed by atoms with E-state index in [4.69, 9.17) is 23.2 Å². The van der Waals surface area contributed by atoms with Crippen molar-refractivity contribution in [2.24, 2.45) is 0 Å².